The molecule has 1 spiro atoms. The molecule has 0 amide bonds. The van der Waals surface area contributed by atoms with Crippen LogP contribution in [-0.2, 0) is 5.41 Å². The van der Waals surface area contributed by atoms with E-state index in [4.69, 9.17) is 9.97 Å². The molecule has 1 atom stereocenters. The first-order valence-corrected chi connectivity index (χ1v) is 21.7. The molecule has 2 aliphatic rings. The van der Waals surface area contributed by atoms with Crippen LogP contribution < -0.4 is 0 Å². The zero-order valence-corrected chi connectivity index (χ0v) is 34.3. The summed E-state index contributed by atoms with van der Waals surface area (Å²) < 4.78 is 0. The second-order valence-electron chi connectivity index (χ2n) is 15.9. The van der Waals surface area contributed by atoms with E-state index in [1.165, 1.54) is 65.1 Å². The first-order chi connectivity index (χ1) is 30.7. The van der Waals surface area contributed by atoms with Crippen molar-refractivity contribution >= 4 is 22.5 Å². The van der Waals surface area contributed by atoms with Crippen LogP contribution in [0.25, 0.3) is 78.1 Å². The molecular formula is C58H35N3S. The monoisotopic (exact) mass is 805 g/mol. The fraction of sp³-hybridized carbons (Fsp3) is 0.0172. The van der Waals surface area contributed by atoms with Gasteiger partial charge in [-0.05, 0) is 90.7 Å². The molecule has 4 heteroatoms. The Bertz CT molecular complexity index is 3390. The highest BCUT2D eigenvalue weighted by Crippen LogP contribution is 2.64. The summed E-state index contributed by atoms with van der Waals surface area (Å²) in [5.74, 6) is 0.703. The third-order valence-electron chi connectivity index (χ3n) is 12.6. The largest absolute Gasteiger partial charge is 0.228 e. The van der Waals surface area contributed by atoms with E-state index in [0.717, 1.165) is 39.2 Å². The number of hydrogen-bond donors (Lipinski definition) is 0. The number of aromatic nitrogens is 2. The smallest absolute Gasteiger partial charge is 0.160 e. The van der Waals surface area contributed by atoms with Crippen LogP contribution in [0, 0.1) is 11.3 Å². The zero-order chi connectivity index (χ0) is 41.2. The number of fused-ring (bicyclic) bond motifs is 10. The maximum atomic E-state index is 9.49. The molecule has 62 heavy (non-hydrogen) atoms. The van der Waals surface area contributed by atoms with Crippen LogP contribution in [0.3, 0.4) is 0 Å². The Balaban J connectivity index is 1.11. The fourth-order valence-electron chi connectivity index (χ4n) is 9.97. The van der Waals surface area contributed by atoms with Gasteiger partial charge >= 0.3 is 0 Å². The predicted molar refractivity (Wildman–Crippen MR) is 253 cm³/mol. The van der Waals surface area contributed by atoms with Gasteiger partial charge in [0.2, 0.25) is 0 Å². The van der Waals surface area contributed by atoms with Crippen molar-refractivity contribution < 1.29 is 0 Å². The van der Waals surface area contributed by atoms with Crippen molar-refractivity contribution in [1.82, 2.24) is 9.97 Å². The second kappa shape index (κ2) is 14.4. The molecule has 288 valence electrons. The molecule has 0 bridgehead atoms. The Hall–Kier alpha value is -7.84. The first-order valence-electron chi connectivity index (χ1n) is 20.9. The fourth-order valence-corrected chi connectivity index (χ4v) is 11.3. The number of rotatable bonds is 5. The highest BCUT2D eigenvalue weighted by Gasteiger charge is 2.51. The van der Waals surface area contributed by atoms with Crippen molar-refractivity contribution in [3.63, 3.8) is 0 Å². The minimum absolute atomic E-state index is 0.592. The lowest BCUT2D eigenvalue weighted by molar-refractivity contribution is 0.723. The van der Waals surface area contributed by atoms with Gasteiger partial charge in [-0.25, -0.2) is 9.97 Å². The number of hydrogen-bond acceptors (Lipinski definition) is 4. The summed E-state index contributed by atoms with van der Waals surface area (Å²) in [7, 11) is 0. The third-order valence-corrected chi connectivity index (χ3v) is 13.9. The van der Waals surface area contributed by atoms with E-state index >= 15 is 0 Å². The summed E-state index contributed by atoms with van der Waals surface area (Å²) in [6, 6.07) is 78.0. The first kappa shape index (κ1) is 36.0. The Morgan fingerprint density at radius 2 is 0.984 bits per heavy atom. The lowest BCUT2D eigenvalue weighted by Crippen LogP contribution is -2.32. The van der Waals surface area contributed by atoms with Crippen molar-refractivity contribution in [2.45, 2.75) is 15.2 Å². The summed E-state index contributed by atoms with van der Waals surface area (Å²) in [6.07, 6.45) is 0. The molecule has 12 rings (SSSR count). The van der Waals surface area contributed by atoms with Gasteiger partial charge in [0.15, 0.2) is 5.82 Å². The average molecular weight is 806 g/mol. The number of benzene rings is 9. The number of nitriles is 1. The normalized spacial score (nSPS) is 14.4. The van der Waals surface area contributed by atoms with Gasteiger partial charge in [0.25, 0.3) is 0 Å². The van der Waals surface area contributed by atoms with Crippen LogP contribution in [0.5, 0.6) is 0 Å². The quantitative estimate of drug-likeness (QED) is 0.174. The van der Waals surface area contributed by atoms with Crippen molar-refractivity contribution in [2.75, 3.05) is 0 Å². The summed E-state index contributed by atoms with van der Waals surface area (Å²) in [4.78, 5) is 12.9. The Kier molecular flexibility index (Phi) is 8.38. The Morgan fingerprint density at radius 1 is 0.403 bits per heavy atom. The van der Waals surface area contributed by atoms with Crippen molar-refractivity contribution in [3.8, 4) is 73.4 Å². The van der Waals surface area contributed by atoms with Crippen molar-refractivity contribution in [3.05, 3.63) is 240 Å². The molecule has 10 aromatic rings. The lowest BCUT2D eigenvalue weighted by atomic mass is 9.67. The van der Waals surface area contributed by atoms with Gasteiger partial charge in [-0.15, -0.1) is 0 Å². The molecule has 0 fully saturated rings. The van der Waals surface area contributed by atoms with Gasteiger partial charge < -0.3 is 0 Å². The summed E-state index contributed by atoms with van der Waals surface area (Å²) in [5, 5.41) is 11.9. The van der Waals surface area contributed by atoms with Gasteiger partial charge in [0.1, 0.15) is 0 Å². The maximum Gasteiger partial charge on any atom is 0.160 e. The Morgan fingerprint density at radius 3 is 1.76 bits per heavy atom. The van der Waals surface area contributed by atoms with E-state index in [0.29, 0.717) is 11.4 Å². The van der Waals surface area contributed by atoms with E-state index in [-0.39, 0.29) is 0 Å². The maximum absolute atomic E-state index is 9.49. The van der Waals surface area contributed by atoms with Crippen LogP contribution in [0.15, 0.2) is 222 Å². The average Bonchev–Trinajstić information content (AvgIpc) is 3.65. The summed E-state index contributed by atoms with van der Waals surface area (Å²) in [5.41, 5.74) is 17.2. The molecule has 1 aromatic heterocycles. The summed E-state index contributed by atoms with van der Waals surface area (Å²) in [6.45, 7) is 0. The molecule has 1 unspecified atom stereocenters. The molecule has 2 heterocycles. The predicted octanol–water partition coefficient (Wildman–Crippen LogP) is 14.7. The molecule has 0 saturated carbocycles. The molecule has 0 N–H and O–H groups in total. The van der Waals surface area contributed by atoms with E-state index in [1.54, 1.807) is 0 Å². The highest BCUT2D eigenvalue weighted by atomic mass is 32.2. The van der Waals surface area contributed by atoms with E-state index in [9.17, 15) is 5.26 Å². The second-order valence-corrected chi connectivity index (χ2v) is 16.9. The summed E-state index contributed by atoms with van der Waals surface area (Å²) >= 11 is 1.84. The standard InChI is InChI=1S/C58H35N3S/c59-36-37-29-31-38(32-30-37)41-33-34-44(43-20-8-7-19-42(41)43)45-22-13-26-50-55(45)46-21-9-10-24-48(46)58(50)49-25-11-12-28-54(49)62-56-47(23-14-27-51(56)58)53-35-52(39-15-3-1-4-16-39)60-57(61-53)40-17-5-2-6-18-40/h1-35H. The Labute approximate surface area is 364 Å². The highest BCUT2D eigenvalue weighted by molar-refractivity contribution is 7.99. The minimum atomic E-state index is -0.592. The molecule has 1 aliphatic carbocycles. The van der Waals surface area contributed by atoms with Crippen LogP contribution in [0.4, 0.5) is 0 Å². The van der Waals surface area contributed by atoms with Crippen LogP contribution >= 0.6 is 11.8 Å². The van der Waals surface area contributed by atoms with Gasteiger partial charge in [-0.2, -0.15) is 5.26 Å². The van der Waals surface area contributed by atoms with Gasteiger partial charge in [-0.1, -0.05) is 200 Å². The molecule has 3 nitrogen and oxygen atoms in total. The van der Waals surface area contributed by atoms with Crippen molar-refractivity contribution in [2.24, 2.45) is 0 Å². The van der Waals surface area contributed by atoms with Gasteiger partial charge in [-0.3, -0.25) is 0 Å². The molecule has 9 aromatic carbocycles. The molecule has 0 radical (unpaired) electrons. The molecule has 0 saturated heterocycles. The van der Waals surface area contributed by atoms with Crippen LogP contribution in [0.2, 0.25) is 0 Å². The van der Waals surface area contributed by atoms with Gasteiger partial charge in [0, 0.05) is 26.5 Å². The third kappa shape index (κ3) is 5.46. The SMILES string of the molecule is N#Cc1ccc(-c2ccc(-c3cccc4c3-c3ccccc3C43c4ccccc4Sc4c(-c5cc(-c6ccccc6)nc(-c6ccccc6)n5)cccc43)c3ccccc23)cc1. The minimum Gasteiger partial charge on any atom is -0.228 e. The molecular weight excluding hydrogens is 771 g/mol. The van der Waals surface area contributed by atoms with E-state index in [2.05, 4.69) is 182 Å². The number of nitrogens with zero attached hydrogens (tertiary/aromatic N) is 3. The van der Waals surface area contributed by atoms with E-state index in [1.807, 2.05) is 48.2 Å². The topological polar surface area (TPSA) is 49.6 Å². The van der Waals surface area contributed by atoms with Crippen LogP contribution in [-0.4, -0.2) is 9.97 Å². The van der Waals surface area contributed by atoms with Crippen LogP contribution in [0.1, 0.15) is 27.8 Å². The lowest BCUT2D eigenvalue weighted by Gasteiger charge is -2.40. The van der Waals surface area contributed by atoms with Crippen molar-refractivity contribution in [1.29, 1.82) is 5.26 Å². The zero-order valence-electron chi connectivity index (χ0n) is 33.5. The van der Waals surface area contributed by atoms with E-state index < -0.39 is 5.41 Å². The van der Waals surface area contributed by atoms with Gasteiger partial charge in [0.05, 0.1) is 28.4 Å². The molecule has 1 aliphatic heterocycles.